The minimum absolute atomic E-state index is 0.0100. The third kappa shape index (κ3) is 3.29. The van der Waals surface area contributed by atoms with Crippen molar-refractivity contribution in [3.63, 3.8) is 0 Å². The fourth-order valence-electron chi connectivity index (χ4n) is 1.56. The van der Waals surface area contributed by atoms with Crippen LogP contribution in [0.25, 0.3) is 0 Å². The molecule has 0 aliphatic heterocycles. The van der Waals surface area contributed by atoms with E-state index in [2.05, 4.69) is 12.2 Å². The Kier molecular flexibility index (Phi) is 5.30. The quantitative estimate of drug-likeness (QED) is 0.602. The standard InChI is InChI=1S/C13H19NO4/c1-4-5-6-14-10-8-11(15)12(17-2)7-9(10)13(16)18-3/h7-8,14-15H,4-6H2,1-3H3. The summed E-state index contributed by atoms with van der Waals surface area (Å²) in [5.41, 5.74) is 0.900. The van der Waals surface area contributed by atoms with E-state index < -0.39 is 5.97 Å². The largest absolute Gasteiger partial charge is 0.504 e. The molecule has 0 radical (unpaired) electrons. The molecule has 0 bridgehead atoms. The van der Waals surface area contributed by atoms with Crippen molar-refractivity contribution in [2.75, 3.05) is 26.1 Å². The molecule has 0 unspecified atom stereocenters. The number of esters is 1. The van der Waals surface area contributed by atoms with Crippen LogP contribution in [0.4, 0.5) is 5.69 Å². The first-order valence-corrected chi connectivity index (χ1v) is 5.87. The Morgan fingerprint density at radius 1 is 1.39 bits per heavy atom. The molecule has 0 heterocycles. The number of ether oxygens (including phenoxy) is 2. The first-order valence-electron chi connectivity index (χ1n) is 5.87. The van der Waals surface area contributed by atoms with Gasteiger partial charge in [0.1, 0.15) is 0 Å². The number of anilines is 1. The van der Waals surface area contributed by atoms with Crippen molar-refractivity contribution in [1.82, 2.24) is 0 Å². The summed E-state index contributed by atoms with van der Waals surface area (Å²) in [6, 6.07) is 2.94. The van der Waals surface area contributed by atoms with Crippen molar-refractivity contribution in [3.05, 3.63) is 17.7 Å². The first-order chi connectivity index (χ1) is 8.63. The maximum atomic E-state index is 11.6. The van der Waals surface area contributed by atoms with Gasteiger partial charge in [0.05, 0.1) is 25.5 Å². The van der Waals surface area contributed by atoms with Gasteiger partial charge in [-0.3, -0.25) is 0 Å². The summed E-state index contributed by atoms with van der Waals surface area (Å²) in [4.78, 5) is 11.6. The van der Waals surface area contributed by atoms with E-state index in [-0.39, 0.29) is 11.5 Å². The van der Waals surface area contributed by atoms with Gasteiger partial charge in [0.25, 0.3) is 0 Å². The Hall–Kier alpha value is -1.91. The van der Waals surface area contributed by atoms with Gasteiger partial charge in [-0.05, 0) is 6.42 Å². The molecule has 0 spiro atoms. The van der Waals surface area contributed by atoms with Crippen molar-refractivity contribution < 1.29 is 19.4 Å². The average Bonchev–Trinajstić information content (AvgIpc) is 2.38. The summed E-state index contributed by atoms with van der Waals surface area (Å²) in [5.74, 6) is -0.229. The molecule has 5 nitrogen and oxygen atoms in total. The topological polar surface area (TPSA) is 67.8 Å². The van der Waals surface area contributed by atoms with Crippen molar-refractivity contribution in [2.24, 2.45) is 0 Å². The highest BCUT2D eigenvalue weighted by atomic mass is 16.5. The monoisotopic (exact) mass is 253 g/mol. The molecular formula is C13H19NO4. The lowest BCUT2D eigenvalue weighted by Gasteiger charge is -2.13. The molecule has 0 amide bonds. The summed E-state index contributed by atoms with van der Waals surface area (Å²) >= 11 is 0. The molecule has 1 rings (SSSR count). The second-order valence-corrected chi connectivity index (χ2v) is 3.84. The zero-order chi connectivity index (χ0) is 13.5. The maximum Gasteiger partial charge on any atom is 0.340 e. The van der Waals surface area contributed by atoms with E-state index in [9.17, 15) is 9.90 Å². The number of aromatic hydroxyl groups is 1. The summed E-state index contributed by atoms with van der Waals surface area (Å²) in [7, 11) is 2.75. The zero-order valence-corrected chi connectivity index (χ0v) is 10.9. The summed E-state index contributed by atoms with van der Waals surface area (Å²) in [6.07, 6.45) is 2.02. The third-order valence-electron chi connectivity index (χ3n) is 2.57. The van der Waals surface area contributed by atoms with E-state index in [0.29, 0.717) is 11.3 Å². The van der Waals surface area contributed by atoms with E-state index in [1.807, 2.05) is 0 Å². The Labute approximate surface area is 107 Å². The van der Waals surface area contributed by atoms with Crippen LogP contribution in [-0.2, 0) is 4.74 Å². The number of unbranched alkanes of at least 4 members (excludes halogenated alkanes) is 1. The molecular weight excluding hydrogens is 234 g/mol. The average molecular weight is 253 g/mol. The highest BCUT2D eigenvalue weighted by Crippen LogP contribution is 2.32. The van der Waals surface area contributed by atoms with E-state index in [0.717, 1.165) is 19.4 Å². The number of phenols is 1. The number of hydrogen-bond donors (Lipinski definition) is 2. The second kappa shape index (κ2) is 6.74. The predicted molar refractivity (Wildman–Crippen MR) is 69.4 cm³/mol. The normalized spacial score (nSPS) is 9.94. The fraction of sp³-hybridized carbons (Fsp3) is 0.462. The molecule has 0 aliphatic rings. The number of phenolic OH excluding ortho intramolecular Hbond substituents is 1. The molecule has 0 aromatic heterocycles. The number of hydrogen-bond acceptors (Lipinski definition) is 5. The van der Waals surface area contributed by atoms with Gasteiger partial charge >= 0.3 is 5.97 Å². The molecule has 2 N–H and O–H groups in total. The van der Waals surface area contributed by atoms with Crippen LogP contribution >= 0.6 is 0 Å². The molecule has 5 heteroatoms. The van der Waals surface area contributed by atoms with Crippen LogP contribution in [0.15, 0.2) is 12.1 Å². The molecule has 0 saturated heterocycles. The summed E-state index contributed by atoms with van der Waals surface area (Å²) in [5, 5.41) is 12.8. The van der Waals surface area contributed by atoms with Gasteiger partial charge in [0, 0.05) is 18.7 Å². The summed E-state index contributed by atoms with van der Waals surface area (Å²) < 4.78 is 9.68. The maximum absolute atomic E-state index is 11.6. The van der Waals surface area contributed by atoms with Gasteiger partial charge in [0.15, 0.2) is 11.5 Å². The number of carbonyl (C=O) groups is 1. The van der Waals surface area contributed by atoms with E-state index in [4.69, 9.17) is 9.47 Å². The molecule has 100 valence electrons. The van der Waals surface area contributed by atoms with Gasteiger partial charge in [-0.1, -0.05) is 13.3 Å². The van der Waals surface area contributed by atoms with Crippen molar-refractivity contribution in [3.8, 4) is 11.5 Å². The molecule has 1 aromatic carbocycles. The van der Waals surface area contributed by atoms with Crippen LogP contribution in [-0.4, -0.2) is 31.8 Å². The van der Waals surface area contributed by atoms with Crippen LogP contribution in [0.5, 0.6) is 11.5 Å². The minimum Gasteiger partial charge on any atom is -0.504 e. The van der Waals surface area contributed by atoms with Gasteiger partial charge in [-0.25, -0.2) is 4.79 Å². The lowest BCUT2D eigenvalue weighted by Crippen LogP contribution is -2.09. The lowest BCUT2D eigenvalue weighted by molar-refractivity contribution is 0.0601. The number of carbonyl (C=O) groups excluding carboxylic acids is 1. The Balaban J connectivity index is 3.05. The van der Waals surface area contributed by atoms with Crippen LogP contribution in [0.2, 0.25) is 0 Å². The number of methoxy groups -OCH3 is 2. The van der Waals surface area contributed by atoms with E-state index >= 15 is 0 Å². The van der Waals surface area contributed by atoms with Gasteiger partial charge in [-0.2, -0.15) is 0 Å². The zero-order valence-electron chi connectivity index (χ0n) is 10.9. The van der Waals surface area contributed by atoms with Crippen LogP contribution in [0.1, 0.15) is 30.1 Å². The van der Waals surface area contributed by atoms with Gasteiger partial charge < -0.3 is 19.9 Å². The van der Waals surface area contributed by atoms with Crippen molar-refractivity contribution in [1.29, 1.82) is 0 Å². The van der Waals surface area contributed by atoms with Gasteiger partial charge in [0.2, 0.25) is 0 Å². The first kappa shape index (κ1) is 14.2. The minimum atomic E-state index is -0.465. The van der Waals surface area contributed by atoms with Crippen LogP contribution < -0.4 is 10.1 Å². The number of nitrogens with one attached hydrogen (secondary N) is 1. The molecule has 0 aliphatic carbocycles. The highest BCUT2D eigenvalue weighted by molar-refractivity contribution is 5.96. The SMILES string of the molecule is CCCCNc1cc(O)c(OC)cc1C(=O)OC. The van der Waals surface area contributed by atoms with Crippen molar-refractivity contribution in [2.45, 2.75) is 19.8 Å². The Morgan fingerprint density at radius 3 is 2.67 bits per heavy atom. The van der Waals surface area contributed by atoms with E-state index in [1.165, 1.54) is 26.4 Å². The molecule has 1 aromatic rings. The molecule has 0 saturated carbocycles. The van der Waals surface area contributed by atoms with E-state index in [1.54, 1.807) is 0 Å². The second-order valence-electron chi connectivity index (χ2n) is 3.84. The lowest BCUT2D eigenvalue weighted by atomic mass is 10.1. The molecule has 0 fully saturated rings. The Bertz CT molecular complexity index is 418. The van der Waals surface area contributed by atoms with Crippen LogP contribution in [0.3, 0.4) is 0 Å². The number of rotatable bonds is 6. The van der Waals surface area contributed by atoms with Gasteiger partial charge in [-0.15, -0.1) is 0 Å². The Morgan fingerprint density at radius 2 is 2.11 bits per heavy atom. The highest BCUT2D eigenvalue weighted by Gasteiger charge is 2.16. The molecule has 0 atom stereocenters. The predicted octanol–water partition coefficient (Wildman–Crippen LogP) is 2.40. The molecule has 18 heavy (non-hydrogen) atoms. The fourth-order valence-corrected chi connectivity index (χ4v) is 1.56. The third-order valence-corrected chi connectivity index (χ3v) is 2.57. The number of benzene rings is 1. The summed E-state index contributed by atoms with van der Waals surface area (Å²) in [6.45, 7) is 2.81. The van der Waals surface area contributed by atoms with Crippen LogP contribution in [0, 0.1) is 0 Å². The van der Waals surface area contributed by atoms with Crippen molar-refractivity contribution >= 4 is 11.7 Å². The smallest absolute Gasteiger partial charge is 0.340 e.